The molecule has 0 aliphatic rings. The second kappa shape index (κ2) is 6.59. The van der Waals surface area contributed by atoms with Gasteiger partial charge in [0.1, 0.15) is 5.58 Å². The van der Waals surface area contributed by atoms with Crippen LogP contribution < -0.4 is 10.5 Å². The van der Waals surface area contributed by atoms with Crippen LogP contribution in [0.1, 0.15) is 13.8 Å². The molecule has 0 saturated carbocycles. The molecule has 0 aliphatic carbocycles. The fourth-order valence-electron chi connectivity index (χ4n) is 2.74. The Labute approximate surface area is 143 Å². The molecule has 3 nitrogen and oxygen atoms in total. The molecular weight excluding hydrogens is 354 g/mol. The molecule has 4 heteroatoms. The normalized spacial score (nSPS) is 10.9. The van der Waals surface area contributed by atoms with Crippen LogP contribution in [0.4, 0.5) is 5.69 Å². The Balaban J connectivity index is 2.13. The first-order valence-corrected chi connectivity index (χ1v) is 8.50. The molecule has 3 rings (SSSR count). The van der Waals surface area contributed by atoms with Crippen LogP contribution in [0.3, 0.4) is 0 Å². The van der Waals surface area contributed by atoms with Gasteiger partial charge >= 0.3 is 5.63 Å². The van der Waals surface area contributed by atoms with Crippen LogP contribution in [0.25, 0.3) is 22.1 Å². The van der Waals surface area contributed by atoms with Crippen molar-refractivity contribution >= 4 is 32.6 Å². The third-order valence-corrected chi connectivity index (χ3v) is 4.48. The first-order valence-electron chi connectivity index (χ1n) is 7.71. The number of halogens is 1. The van der Waals surface area contributed by atoms with Gasteiger partial charge in [-0.25, -0.2) is 4.79 Å². The molecule has 0 amide bonds. The van der Waals surface area contributed by atoms with Crippen LogP contribution in [0.5, 0.6) is 0 Å². The Kier molecular flexibility index (Phi) is 4.53. The number of nitrogens with zero attached hydrogens (tertiary/aromatic N) is 1. The summed E-state index contributed by atoms with van der Waals surface area (Å²) in [5.41, 5.74) is 2.81. The van der Waals surface area contributed by atoms with E-state index >= 15 is 0 Å². The summed E-state index contributed by atoms with van der Waals surface area (Å²) in [4.78, 5) is 14.6. The summed E-state index contributed by atoms with van der Waals surface area (Å²) >= 11 is 3.44. The summed E-state index contributed by atoms with van der Waals surface area (Å²) in [5, 5.41) is 0.926. The standard InChI is InChI=1S/C19H18BrNO2/c1-3-21(4-2)16-9-8-14-11-17(19(22)23-18(14)12-16)13-6-5-7-15(20)10-13/h5-12H,3-4H2,1-2H3. The molecule has 0 N–H and O–H groups in total. The van der Waals surface area contributed by atoms with Crippen LogP contribution in [-0.2, 0) is 0 Å². The highest BCUT2D eigenvalue weighted by Gasteiger charge is 2.10. The predicted octanol–water partition coefficient (Wildman–Crippen LogP) is 5.07. The minimum Gasteiger partial charge on any atom is -0.422 e. The summed E-state index contributed by atoms with van der Waals surface area (Å²) in [6, 6.07) is 15.6. The van der Waals surface area contributed by atoms with Crippen LogP contribution >= 0.6 is 15.9 Å². The van der Waals surface area contributed by atoms with Gasteiger partial charge in [0.25, 0.3) is 0 Å². The second-order valence-corrected chi connectivity index (χ2v) is 6.27. The highest BCUT2D eigenvalue weighted by Crippen LogP contribution is 2.26. The maximum absolute atomic E-state index is 12.4. The maximum Gasteiger partial charge on any atom is 0.344 e. The fourth-order valence-corrected chi connectivity index (χ4v) is 3.14. The summed E-state index contributed by atoms with van der Waals surface area (Å²) in [6.07, 6.45) is 0. The first kappa shape index (κ1) is 15.8. The van der Waals surface area contributed by atoms with Gasteiger partial charge in [0.2, 0.25) is 0 Å². The predicted molar refractivity (Wildman–Crippen MR) is 99.2 cm³/mol. The van der Waals surface area contributed by atoms with E-state index in [1.165, 1.54) is 0 Å². The average Bonchev–Trinajstić information content (AvgIpc) is 2.55. The molecule has 0 radical (unpaired) electrons. The van der Waals surface area contributed by atoms with Gasteiger partial charge in [-0.2, -0.15) is 0 Å². The molecule has 0 fully saturated rings. The van der Waals surface area contributed by atoms with Gasteiger partial charge < -0.3 is 9.32 Å². The van der Waals surface area contributed by atoms with Gasteiger partial charge in [-0.1, -0.05) is 28.1 Å². The van der Waals surface area contributed by atoms with Crippen molar-refractivity contribution in [1.82, 2.24) is 0 Å². The lowest BCUT2D eigenvalue weighted by atomic mass is 10.1. The van der Waals surface area contributed by atoms with Crippen LogP contribution in [0, 0.1) is 0 Å². The van der Waals surface area contributed by atoms with E-state index in [1.54, 1.807) is 0 Å². The number of fused-ring (bicyclic) bond motifs is 1. The van der Waals surface area contributed by atoms with Gasteiger partial charge in [0.05, 0.1) is 5.56 Å². The molecule has 0 bridgehead atoms. The smallest absolute Gasteiger partial charge is 0.344 e. The SMILES string of the molecule is CCN(CC)c1ccc2cc(-c3cccc(Br)c3)c(=O)oc2c1. The molecule has 1 aromatic heterocycles. The van der Waals surface area contributed by atoms with E-state index in [0.29, 0.717) is 11.1 Å². The van der Waals surface area contributed by atoms with E-state index < -0.39 is 0 Å². The topological polar surface area (TPSA) is 33.5 Å². The molecule has 3 aromatic rings. The van der Waals surface area contributed by atoms with Crippen LogP contribution in [0.2, 0.25) is 0 Å². The molecule has 118 valence electrons. The van der Waals surface area contributed by atoms with Gasteiger partial charge in [0.15, 0.2) is 0 Å². The van der Waals surface area contributed by atoms with Gasteiger partial charge in [-0.15, -0.1) is 0 Å². The molecule has 0 spiro atoms. The van der Waals surface area contributed by atoms with E-state index in [1.807, 2.05) is 42.5 Å². The Bertz CT molecular complexity index is 897. The molecule has 2 aromatic carbocycles. The van der Waals surface area contributed by atoms with Crippen molar-refractivity contribution in [1.29, 1.82) is 0 Å². The largest absolute Gasteiger partial charge is 0.422 e. The lowest BCUT2D eigenvalue weighted by Crippen LogP contribution is -2.21. The average molecular weight is 372 g/mol. The van der Waals surface area contributed by atoms with Crippen molar-refractivity contribution in [3.8, 4) is 11.1 Å². The van der Waals surface area contributed by atoms with Crippen molar-refractivity contribution in [2.75, 3.05) is 18.0 Å². The summed E-state index contributed by atoms with van der Waals surface area (Å²) in [5.74, 6) is 0. The molecule has 1 heterocycles. The van der Waals surface area contributed by atoms with E-state index in [2.05, 4.69) is 40.7 Å². The molecule has 0 saturated heterocycles. The van der Waals surface area contributed by atoms with Crippen molar-refractivity contribution < 1.29 is 4.42 Å². The number of hydrogen-bond donors (Lipinski definition) is 0. The minimum atomic E-state index is -0.313. The summed E-state index contributed by atoms with van der Waals surface area (Å²) in [7, 11) is 0. The van der Waals surface area contributed by atoms with Crippen molar-refractivity contribution in [3.05, 3.63) is 63.4 Å². The molecule has 0 unspecified atom stereocenters. The monoisotopic (exact) mass is 371 g/mol. The second-order valence-electron chi connectivity index (χ2n) is 5.35. The Hall–Kier alpha value is -2.07. The highest BCUT2D eigenvalue weighted by molar-refractivity contribution is 9.10. The quantitative estimate of drug-likeness (QED) is 0.600. The third-order valence-electron chi connectivity index (χ3n) is 3.98. The van der Waals surface area contributed by atoms with Gasteiger partial charge in [-0.05, 0) is 49.7 Å². The maximum atomic E-state index is 12.4. The lowest BCUT2D eigenvalue weighted by Gasteiger charge is -2.21. The molecule has 23 heavy (non-hydrogen) atoms. The zero-order valence-corrected chi connectivity index (χ0v) is 14.8. The highest BCUT2D eigenvalue weighted by atomic mass is 79.9. The van der Waals surface area contributed by atoms with Crippen molar-refractivity contribution in [3.63, 3.8) is 0 Å². The Morgan fingerprint density at radius 1 is 1.04 bits per heavy atom. The van der Waals surface area contributed by atoms with E-state index in [9.17, 15) is 4.79 Å². The lowest BCUT2D eigenvalue weighted by molar-refractivity contribution is 0.563. The summed E-state index contributed by atoms with van der Waals surface area (Å²) < 4.78 is 6.51. The number of hydrogen-bond acceptors (Lipinski definition) is 3. The van der Waals surface area contributed by atoms with Gasteiger partial charge in [0, 0.05) is 34.7 Å². The van der Waals surface area contributed by atoms with Gasteiger partial charge in [-0.3, -0.25) is 0 Å². The number of benzene rings is 2. The zero-order valence-electron chi connectivity index (χ0n) is 13.2. The van der Waals surface area contributed by atoms with E-state index in [0.717, 1.165) is 34.2 Å². The summed E-state index contributed by atoms with van der Waals surface area (Å²) in [6.45, 7) is 6.06. The fraction of sp³-hybridized carbons (Fsp3) is 0.211. The Morgan fingerprint density at radius 3 is 2.52 bits per heavy atom. The van der Waals surface area contributed by atoms with E-state index in [4.69, 9.17) is 4.42 Å². The minimum absolute atomic E-state index is 0.313. The van der Waals surface area contributed by atoms with Crippen molar-refractivity contribution in [2.24, 2.45) is 0 Å². The number of rotatable bonds is 4. The number of anilines is 1. The molecular formula is C19H18BrNO2. The van der Waals surface area contributed by atoms with Crippen LogP contribution in [0.15, 0.2) is 62.2 Å². The molecule has 0 aliphatic heterocycles. The first-order chi connectivity index (χ1) is 11.1. The molecule has 0 atom stereocenters. The third kappa shape index (κ3) is 3.17. The Morgan fingerprint density at radius 2 is 1.83 bits per heavy atom. The van der Waals surface area contributed by atoms with Crippen LogP contribution in [-0.4, -0.2) is 13.1 Å². The van der Waals surface area contributed by atoms with Crippen molar-refractivity contribution in [2.45, 2.75) is 13.8 Å². The zero-order chi connectivity index (χ0) is 16.4. The van der Waals surface area contributed by atoms with E-state index in [-0.39, 0.29) is 5.63 Å².